The lowest BCUT2D eigenvalue weighted by Crippen LogP contribution is -2.25. The van der Waals surface area contributed by atoms with Crippen LogP contribution in [0.3, 0.4) is 0 Å². The number of rotatable bonds is 6. The minimum atomic E-state index is -0.0467. The van der Waals surface area contributed by atoms with Crippen molar-refractivity contribution in [2.45, 2.75) is 51.2 Å². The van der Waals surface area contributed by atoms with Crippen LogP contribution in [-0.4, -0.2) is 22.7 Å². The fraction of sp³-hybridized carbons (Fsp3) is 0.667. The van der Waals surface area contributed by atoms with E-state index in [9.17, 15) is 5.11 Å². The van der Waals surface area contributed by atoms with Crippen LogP contribution in [0.5, 0.6) is 0 Å². The summed E-state index contributed by atoms with van der Waals surface area (Å²) >= 11 is 0. The van der Waals surface area contributed by atoms with Gasteiger partial charge in [-0.05, 0) is 50.3 Å². The topological polar surface area (TPSA) is 45.1 Å². The highest BCUT2D eigenvalue weighted by Gasteiger charge is 2.21. The van der Waals surface area contributed by atoms with Crippen molar-refractivity contribution in [1.82, 2.24) is 10.3 Å². The average molecular weight is 248 g/mol. The second-order valence-corrected chi connectivity index (χ2v) is 5.25. The highest BCUT2D eigenvalue weighted by molar-refractivity contribution is 5.02. The van der Waals surface area contributed by atoms with E-state index in [1.807, 2.05) is 24.4 Å². The first kappa shape index (κ1) is 13.5. The van der Waals surface area contributed by atoms with E-state index in [-0.39, 0.29) is 6.10 Å². The Labute approximate surface area is 110 Å². The average Bonchev–Trinajstić information content (AvgIpc) is 2.42. The van der Waals surface area contributed by atoms with Gasteiger partial charge in [0.05, 0.1) is 11.8 Å². The molecule has 0 aliphatic heterocycles. The number of hydrogen-bond donors (Lipinski definition) is 2. The molecule has 1 heterocycles. The maximum Gasteiger partial charge on any atom is 0.0568 e. The Morgan fingerprint density at radius 1 is 1.28 bits per heavy atom. The number of pyridine rings is 1. The van der Waals surface area contributed by atoms with E-state index in [0.717, 1.165) is 38.0 Å². The molecule has 0 spiro atoms. The fourth-order valence-electron chi connectivity index (χ4n) is 2.73. The molecule has 1 aromatic heterocycles. The van der Waals surface area contributed by atoms with Crippen LogP contribution in [0.25, 0.3) is 0 Å². The minimum Gasteiger partial charge on any atom is -0.393 e. The van der Waals surface area contributed by atoms with Crippen LogP contribution in [0.15, 0.2) is 24.4 Å². The molecular formula is C15H24N2O. The molecule has 1 fully saturated rings. The standard InChI is InChI=1S/C15H24N2O/c18-15-9-2-1-6-13(15)7-5-10-16-12-14-8-3-4-11-17-14/h3-4,8,11,13,15-16,18H,1-2,5-7,9-10,12H2. The normalized spacial score (nSPS) is 24.1. The van der Waals surface area contributed by atoms with Crippen LogP contribution < -0.4 is 5.32 Å². The van der Waals surface area contributed by atoms with Gasteiger partial charge in [-0.3, -0.25) is 4.98 Å². The van der Waals surface area contributed by atoms with Gasteiger partial charge in [-0.15, -0.1) is 0 Å². The van der Waals surface area contributed by atoms with Gasteiger partial charge in [-0.1, -0.05) is 18.9 Å². The molecule has 18 heavy (non-hydrogen) atoms. The Bertz CT molecular complexity index is 329. The first-order chi connectivity index (χ1) is 8.86. The fourth-order valence-corrected chi connectivity index (χ4v) is 2.73. The number of nitrogens with zero attached hydrogens (tertiary/aromatic N) is 1. The lowest BCUT2D eigenvalue weighted by atomic mass is 9.83. The summed E-state index contributed by atoms with van der Waals surface area (Å²) in [5.41, 5.74) is 1.09. The zero-order valence-corrected chi connectivity index (χ0v) is 11.0. The van der Waals surface area contributed by atoms with Crippen LogP contribution in [-0.2, 0) is 6.54 Å². The van der Waals surface area contributed by atoms with Crippen LogP contribution >= 0.6 is 0 Å². The molecular weight excluding hydrogens is 224 g/mol. The molecule has 2 atom stereocenters. The van der Waals surface area contributed by atoms with Gasteiger partial charge in [0, 0.05) is 12.7 Å². The Morgan fingerprint density at radius 3 is 2.94 bits per heavy atom. The van der Waals surface area contributed by atoms with Crippen LogP contribution in [0, 0.1) is 5.92 Å². The molecule has 1 aliphatic carbocycles. The number of nitrogens with one attached hydrogen (secondary N) is 1. The minimum absolute atomic E-state index is 0.0467. The summed E-state index contributed by atoms with van der Waals surface area (Å²) in [6.45, 7) is 1.86. The van der Waals surface area contributed by atoms with Gasteiger partial charge >= 0.3 is 0 Å². The largest absolute Gasteiger partial charge is 0.393 e. The molecule has 2 N–H and O–H groups in total. The van der Waals surface area contributed by atoms with Gasteiger partial charge < -0.3 is 10.4 Å². The molecule has 0 aromatic carbocycles. The van der Waals surface area contributed by atoms with Crippen LogP contribution in [0.4, 0.5) is 0 Å². The predicted molar refractivity (Wildman–Crippen MR) is 73.1 cm³/mol. The number of aliphatic hydroxyl groups is 1. The summed E-state index contributed by atoms with van der Waals surface area (Å²) in [5, 5.41) is 13.3. The summed E-state index contributed by atoms with van der Waals surface area (Å²) in [6, 6.07) is 5.99. The van der Waals surface area contributed by atoms with Crippen molar-refractivity contribution in [3.05, 3.63) is 30.1 Å². The third-order valence-corrected chi connectivity index (χ3v) is 3.83. The summed E-state index contributed by atoms with van der Waals surface area (Å²) < 4.78 is 0. The van der Waals surface area contributed by atoms with Crippen molar-refractivity contribution in [2.24, 2.45) is 5.92 Å². The lowest BCUT2D eigenvalue weighted by Gasteiger charge is -2.27. The van der Waals surface area contributed by atoms with Crippen LogP contribution in [0.1, 0.15) is 44.2 Å². The van der Waals surface area contributed by atoms with Gasteiger partial charge in [0.2, 0.25) is 0 Å². The monoisotopic (exact) mass is 248 g/mol. The maximum atomic E-state index is 9.87. The third-order valence-electron chi connectivity index (χ3n) is 3.83. The molecule has 0 radical (unpaired) electrons. The quantitative estimate of drug-likeness (QED) is 0.760. The molecule has 100 valence electrons. The lowest BCUT2D eigenvalue weighted by molar-refractivity contribution is 0.0643. The van der Waals surface area contributed by atoms with Crippen molar-refractivity contribution in [3.8, 4) is 0 Å². The summed E-state index contributed by atoms with van der Waals surface area (Å²) in [5.74, 6) is 0.537. The van der Waals surface area contributed by atoms with Crippen molar-refractivity contribution < 1.29 is 5.11 Å². The summed E-state index contributed by atoms with van der Waals surface area (Å²) in [7, 11) is 0. The van der Waals surface area contributed by atoms with E-state index < -0.39 is 0 Å². The molecule has 0 saturated heterocycles. The molecule has 3 nitrogen and oxygen atoms in total. The van der Waals surface area contributed by atoms with Crippen molar-refractivity contribution >= 4 is 0 Å². The molecule has 2 rings (SSSR count). The zero-order valence-electron chi connectivity index (χ0n) is 11.0. The maximum absolute atomic E-state index is 9.87. The van der Waals surface area contributed by atoms with Crippen molar-refractivity contribution in [2.75, 3.05) is 6.54 Å². The number of hydrogen-bond acceptors (Lipinski definition) is 3. The van der Waals surface area contributed by atoms with E-state index >= 15 is 0 Å². The van der Waals surface area contributed by atoms with E-state index in [1.165, 1.54) is 19.3 Å². The van der Waals surface area contributed by atoms with Crippen LogP contribution in [0.2, 0.25) is 0 Å². The molecule has 0 amide bonds. The summed E-state index contributed by atoms with van der Waals surface area (Å²) in [6.07, 6.45) is 8.79. The number of aromatic nitrogens is 1. The Kier molecular flexibility index (Phi) is 5.62. The molecule has 2 unspecified atom stereocenters. The molecule has 1 aromatic rings. The number of aliphatic hydroxyl groups excluding tert-OH is 1. The molecule has 1 saturated carbocycles. The molecule has 3 heteroatoms. The first-order valence-electron chi connectivity index (χ1n) is 7.15. The van der Waals surface area contributed by atoms with Crippen molar-refractivity contribution in [3.63, 3.8) is 0 Å². The zero-order chi connectivity index (χ0) is 12.6. The van der Waals surface area contributed by atoms with Crippen molar-refractivity contribution in [1.29, 1.82) is 0 Å². The van der Waals surface area contributed by atoms with Gasteiger partial charge in [0.1, 0.15) is 0 Å². The first-order valence-corrected chi connectivity index (χ1v) is 7.15. The SMILES string of the molecule is OC1CCCCC1CCCNCc1ccccn1. The highest BCUT2D eigenvalue weighted by atomic mass is 16.3. The third kappa shape index (κ3) is 4.39. The van der Waals surface area contributed by atoms with E-state index in [2.05, 4.69) is 10.3 Å². The van der Waals surface area contributed by atoms with E-state index in [1.54, 1.807) is 0 Å². The van der Waals surface area contributed by atoms with E-state index in [4.69, 9.17) is 0 Å². The van der Waals surface area contributed by atoms with Gasteiger partial charge in [-0.25, -0.2) is 0 Å². The van der Waals surface area contributed by atoms with E-state index in [0.29, 0.717) is 5.92 Å². The Morgan fingerprint density at radius 2 is 2.17 bits per heavy atom. The summed E-state index contributed by atoms with van der Waals surface area (Å²) in [4.78, 5) is 4.28. The molecule has 0 bridgehead atoms. The predicted octanol–water partition coefficient (Wildman–Crippen LogP) is 2.50. The smallest absolute Gasteiger partial charge is 0.0568 e. The van der Waals surface area contributed by atoms with Gasteiger partial charge in [0.25, 0.3) is 0 Å². The second kappa shape index (κ2) is 7.49. The highest BCUT2D eigenvalue weighted by Crippen LogP contribution is 2.27. The van der Waals surface area contributed by atoms with Gasteiger partial charge in [0.15, 0.2) is 0 Å². The molecule has 1 aliphatic rings. The Balaban J connectivity index is 1.56. The Hall–Kier alpha value is -0.930. The van der Waals surface area contributed by atoms with Gasteiger partial charge in [-0.2, -0.15) is 0 Å². The second-order valence-electron chi connectivity index (χ2n) is 5.25.